The van der Waals surface area contributed by atoms with Gasteiger partial charge >= 0.3 is 11.9 Å². The Morgan fingerprint density at radius 3 is 2.70 bits per heavy atom. The van der Waals surface area contributed by atoms with Gasteiger partial charge in [0.25, 0.3) is 0 Å². The molecule has 6 heteroatoms. The van der Waals surface area contributed by atoms with Crippen LogP contribution in [0, 0.1) is 5.92 Å². The number of aromatic nitrogens is 1. The Balaban J connectivity index is 2.34. The number of rotatable bonds is 4. The van der Waals surface area contributed by atoms with Crippen molar-refractivity contribution in [3.8, 4) is 5.75 Å². The second-order valence-electron chi connectivity index (χ2n) is 4.29. The highest BCUT2D eigenvalue weighted by Crippen LogP contribution is 2.36. The quantitative estimate of drug-likeness (QED) is 0.773. The summed E-state index contributed by atoms with van der Waals surface area (Å²) in [7, 11) is 0. The van der Waals surface area contributed by atoms with Gasteiger partial charge in [0.2, 0.25) is 0 Å². The van der Waals surface area contributed by atoms with E-state index >= 15 is 0 Å². The number of carbonyl (C=O) groups is 2. The summed E-state index contributed by atoms with van der Waals surface area (Å²) >= 11 is 0. The van der Waals surface area contributed by atoms with E-state index in [1.807, 2.05) is 0 Å². The Bertz CT molecular complexity index is 502. The van der Waals surface area contributed by atoms with Gasteiger partial charge in [-0.25, -0.2) is 0 Å². The molecule has 0 fully saturated rings. The normalized spacial score (nSPS) is 20.5. The topological polar surface area (TPSA) is 74.7 Å². The van der Waals surface area contributed by atoms with E-state index in [2.05, 4.69) is 4.98 Å². The van der Waals surface area contributed by atoms with Crippen molar-refractivity contribution in [3.05, 3.63) is 24.0 Å². The first-order valence-electron chi connectivity index (χ1n) is 6.60. The van der Waals surface area contributed by atoms with Crippen LogP contribution >= 0.6 is 0 Å². The van der Waals surface area contributed by atoms with Gasteiger partial charge in [0.1, 0.15) is 24.2 Å². The van der Waals surface area contributed by atoms with Crippen molar-refractivity contribution < 1.29 is 23.8 Å². The third-order valence-electron chi connectivity index (χ3n) is 3.04. The van der Waals surface area contributed by atoms with Crippen LogP contribution in [-0.2, 0) is 19.1 Å². The minimum atomic E-state index is -0.779. The largest absolute Gasteiger partial charge is 0.491 e. The second kappa shape index (κ2) is 6.36. The van der Waals surface area contributed by atoms with Crippen LogP contribution in [0.5, 0.6) is 5.75 Å². The molecule has 6 nitrogen and oxygen atoms in total. The molecule has 0 N–H and O–H groups in total. The van der Waals surface area contributed by atoms with Crippen LogP contribution in [0.25, 0.3) is 0 Å². The van der Waals surface area contributed by atoms with Crippen molar-refractivity contribution in [3.63, 3.8) is 0 Å². The van der Waals surface area contributed by atoms with Gasteiger partial charge in [-0.15, -0.1) is 0 Å². The van der Waals surface area contributed by atoms with Crippen LogP contribution in [0.2, 0.25) is 0 Å². The van der Waals surface area contributed by atoms with Gasteiger partial charge in [-0.2, -0.15) is 0 Å². The van der Waals surface area contributed by atoms with Crippen LogP contribution in [-0.4, -0.2) is 36.7 Å². The number of pyridine rings is 1. The van der Waals surface area contributed by atoms with Crippen LogP contribution in [0.15, 0.2) is 18.3 Å². The van der Waals surface area contributed by atoms with Gasteiger partial charge in [0.15, 0.2) is 0 Å². The molecule has 2 atom stereocenters. The molecule has 0 bridgehead atoms. The standard InChI is InChI=1S/C14H17NO5/c1-3-18-13(16)9-8-20-10-6-5-7-15-12(10)11(9)14(17)19-4-2/h5-7,9,11H,3-4,8H2,1-2H3. The number of fused-ring (bicyclic) bond motifs is 1. The van der Waals surface area contributed by atoms with E-state index in [-0.39, 0.29) is 19.8 Å². The SMILES string of the molecule is CCOC(=O)C1COc2cccnc2C1C(=O)OCC. The van der Waals surface area contributed by atoms with Crippen molar-refractivity contribution in [1.82, 2.24) is 4.98 Å². The van der Waals surface area contributed by atoms with Crippen molar-refractivity contribution in [2.75, 3.05) is 19.8 Å². The van der Waals surface area contributed by atoms with E-state index in [9.17, 15) is 9.59 Å². The van der Waals surface area contributed by atoms with Gasteiger partial charge in [0.05, 0.1) is 18.9 Å². The summed E-state index contributed by atoms with van der Waals surface area (Å²) in [5.74, 6) is -1.95. The third-order valence-corrected chi connectivity index (χ3v) is 3.04. The monoisotopic (exact) mass is 279 g/mol. The molecule has 0 spiro atoms. The predicted molar refractivity (Wildman–Crippen MR) is 69.2 cm³/mol. The highest BCUT2D eigenvalue weighted by Gasteiger charge is 2.43. The highest BCUT2D eigenvalue weighted by atomic mass is 16.5. The zero-order valence-electron chi connectivity index (χ0n) is 11.5. The summed E-state index contributed by atoms with van der Waals surface area (Å²) in [4.78, 5) is 28.3. The first-order valence-corrected chi connectivity index (χ1v) is 6.60. The molecule has 2 unspecified atom stereocenters. The number of hydrogen-bond acceptors (Lipinski definition) is 6. The molecule has 108 valence electrons. The fourth-order valence-corrected chi connectivity index (χ4v) is 2.19. The number of hydrogen-bond donors (Lipinski definition) is 0. The van der Waals surface area contributed by atoms with Gasteiger partial charge in [-0.05, 0) is 26.0 Å². The average Bonchev–Trinajstić information content (AvgIpc) is 2.46. The maximum absolute atomic E-state index is 12.2. The number of carbonyl (C=O) groups excluding carboxylic acids is 2. The van der Waals surface area contributed by atoms with E-state index in [0.717, 1.165) is 0 Å². The fourth-order valence-electron chi connectivity index (χ4n) is 2.19. The van der Waals surface area contributed by atoms with Crippen LogP contribution in [0.4, 0.5) is 0 Å². The number of ether oxygens (including phenoxy) is 3. The van der Waals surface area contributed by atoms with Gasteiger partial charge in [-0.3, -0.25) is 14.6 Å². The summed E-state index contributed by atoms with van der Waals surface area (Å²) in [5, 5.41) is 0. The molecule has 2 rings (SSSR count). The van der Waals surface area contributed by atoms with Crippen molar-refractivity contribution in [2.45, 2.75) is 19.8 Å². The third kappa shape index (κ3) is 2.74. The van der Waals surface area contributed by atoms with Gasteiger partial charge in [-0.1, -0.05) is 0 Å². The Kier molecular flexibility index (Phi) is 4.55. The van der Waals surface area contributed by atoms with Gasteiger partial charge in [0, 0.05) is 6.20 Å². The molecule has 1 aliphatic rings. The molecule has 0 aromatic carbocycles. The van der Waals surface area contributed by atoms with E-state index < -0.39 is 23.8 Å². The molecular weight excluding hydrogens is 262 g/mol. The van der Waals surface area contributed by atoms with Crippen molar-refractivity contribution in [1.29, 1.82) is 0 Å². The molecule has 1 aliphatic heterocycles. The minimum absolute atomic E-state index is 0.0843. The lowest BCUT2D eigenvalue weighted by Crippen LogP contribution is -2.38. The lowest BCUT2D eigenvalue weighted by Gasteiger charge is -2.29. The van der Waals surface area contributed by atoms with Crippen molar-refractivity contribution >= 4 is 11.9 Å². The van der Waals surface area contributed by atoms with E-state index in [4.69, 9.17) is 14.2 Å². The molecule has 1 aromatic heterocycles. The molecule has 20 heavy (non-hydrogen) atoms. The lowest BCUT2D eigenvalue weighted by atomic mass is 9.87. The zero-order valence-corrected chi connectivity index (χ0v) is 11.5. The van der Waals surface area contributed by atoms with E-state index in [1.54, 1.807) is 32.2 Å². The highest BCUT2D eigenvalue weighted by molar-refractivity contribution is 5.87. The molecular formula is C14H17NO5. The molecule has 0 amide bonds. The fraction of sp³-hybridized carbons (Fsp3) is 0.500. The Hall–Kier alpha value is -2.11. The smallest absolute Gasteiger partial charge is 0.316 e. The summed E-state index contributed by atoms with van der Waals surface area (Å²) in [5.41, 5.74) is 0.426. The molecule has 0 saturated heterocycles. The summed E-state index contributed by atoms with van der Waals surface area (Å²) in [6, 6.07) is 3.43. The molecule has 0 aliphatic carbocycles. The van der Waals surface area contributed by atoms with E-state index in [1.165, 1.54) is 0 Å². The first kappa shape index (κ1) is 14.3. The summed E-state index contributed by atoms with van der Waals surface area (Å²) in [6.45, 7) is 4.01. The maximum atomic E-state index is 12.2. The summed E-state index contributed by atoms with van der Waals surface area (Å²) < 4.78 is 15.5. The predicted octanol–water partition coefficient (Wildman–Crippen LogP) is 1.30. The number of esters is 2. The Morgan fingerprint density at radius 1 is 1.30 bits per heavy atom. The Morgan fingerprint density at radius 2 is 2.00 bits per heavy atom. The first-order chi connectivity index (χ1) is 9.69. The van der Waals surface area contributed by atoms with E-state index in [0.29, 0.717) is 11.4 Å². The van der Waals surface area contributed by atoms with Crippen LogP contribution < -0.4 is 4.74 Å². The molecule has 2 heterocycles. The van der Waals surface area contributed by atoms with Crippen molar-refractivity contribution in [2.24, 2.45) is 5.92 Å². The molecule has 0 radical (unpaired) electrons. The summed E-state index contributed by atoms with van der Waals surface area (Å²) in [6.07, 6.45) is 1.56. The second-order valence-corrected chi connectivity index (χ2v) is 4.29. The zero-order chi connectivity index (χ0) is 14.5. The maximum Gasteiger partial charge on any atom is 0.316 e. The minimum Gasteiger partial charge on any atom is -0.491 e. The van der Waals surface area contributed by atoms with Crippen LogP contribution in [0.3, 0.4) is 0 Å². The lowest BCUT2D eigenvalue weighted by molar-refractivity contribution is -0.159. The van der Waals surface area contributed by atoms with Crippen LogP contribution in [0.1, 0.15) is 25.5 Å². The average molecular weight is 279 g/mol. The molecule has 1 aromatic rings. The molecule has 0 saturated carbocycles. The Labute approximate surface area is 117 Å². The van der Waals surface area contributed by atoms with Gasteiger partial charge < -0.3 is 14.2 Å². The number of nitrogens with zero attached hydrogens (tertiary/aromatic N) is 1.